The molecule has 1 aromatic carbocycles. The minimum absolute atomic E-state index is 0.132. The van der Waals surface area contributed by atoms with E-state index in [0.29, 0.717) is 0 Å². The van der Waals surface area contributed by atoms with Crippen molar-refractivity contribution >= 4 is 17.0 Å². The molecule has 4 nitrogen and oxygen atoms in total. The number of aryl methyl sites for hydroxylation is 1. The van der Waals surface area contributed by atoms with Crippen molar-refractivity contribution in [3.8, 4) is 0 Å². The number of carbonyl (C=O) groups excluding carboxylic acids is 1. The van der Waals surface area contributed by atoms with Gasteiger partial charge in [0.15, 0.2) is 0 Å². The number of hydrogen-bond acceptors (Lipinski definition) is 2. The second-order valence-corrected chi connectivity index (χ2v) is 5.10. The molecule has 0 spiro atoms. The largest absolute Gasteiger partial charge is 0.445 e. The number of rotatable bonds is 3. The number of ether oxygens (including phenoxy) is 1. The van der Waals surface area contributed by atoms with E-state index in [1.165, 1.54) is 22.2 Å². The van der Waals surface area contributed by atoms with Gasteiger partial charge in [-0.1, -0.05) is 30.9 Å². The number of amides is 1. The lowest BCUT2D eigenvalue weighted by atomic mass is 9.92. The number of benzene rings is 1. The van der Waals surface area contributed by atoms with E-state index >= 15 is 0 Å². The first kappa shape index (κ1) is 12.8. The first-order valence-corrected chi connectivity index (χ1v) is 6.90. The molecule has 0 aliphatic heterocycles. The summed E-state index contributed by atoms with van der Waals surface area (Å²) >= 11 is 0. The van der Waals surface area contributed by atoms with Crippen LogP contribution in [0.15, 0.2) is 36.9 Å². The highest BCUT2D eigenvalue weighted by atomic mass is 16.5. The van der Waals surface area contributed by atoms with Crippen LogP contribution in [0.2, 0.25) is 0 Å². The SMILES string of the molecule is C=CCOC(=O)NC1CCc2c([nH]c3ccccc23)C1. The smallest absolute Gasteiger partial charge is 0.407 e. The van der Waals surface area contributed by atoms with E-state index in [-0.39, 0.29) is 18.7 Å². The van der Waals surface area contributed by atoms with E-state index in [2.05, 4.69) is 35.1 Å². The number of nitrogens with one attached hydrogen (secondary N) is 2. The number of alkyl carbamates (subject to hydrolysis) is 1. The van der Waals surface area contributed by atoms with Crippen LogP contribution in [0.3, 0.4) is 0 Å². The normalized spacial score (nSPS) is 17.5. The monoisotopic (exact) mass is 270 g/mol. The second kappa shape index (κ2) is 5.41. The van der Waals surface area contributed by atoms with Crippen molar-refractivity contribution in [1.82, 2.24) is 10.3 Å². The van der Waals surface area contributed by atoms with Gasteiger partial charge in [0, 0.05) is 29.1 Å². The predicted octanol–water partition coefficient (Wildman–Crippen LogP) is 2.94. The van der Waals surface area contributed by atoms with Crippen LogP contribution in [-0.2, 0) is 17.6 Å². The third-order valence-electron chi connectivity index (χ3n) is 3.75. The van der Waals surface area contributed by atoms with Gasteiger partial charge in [-0.15, -0.1) is 0 Å². The van der Waals surface area contributed by atoms with Gasteiger partial charge in [-0.25, -0.2) is 4.79 Å². The Hall–Kier alpha value is -2.23. The summed E-state index contributed by atoms with van der Waals surface area (Å²) in [7, 11) is 0. The minimum atomic E-state index is -0.366. The fourth-order valence-corrected chi connectivity index (χ4v) is 2.85. The molecule has 104 valence electrons. The molecule has 0 radical (unpaired) electrons. The van der Waals surface area contributed by atoms with Crippen LogP contribution in [0.1, 0.15) is 17.7 Å². The van der Waals surface area contributed by atoms with Crippen LogP contribution in [-0.4, -0.2) is 23.7 Å². The highest BCUT2D eigenvalue weighted by Crippen LogP contribution is 2.28. The van der Waals surface area contributed by atoms with Crippen molar-refractivity contribution in [3.05, 3.63) is 48.2 Å². The molecule has 4 heteroatoms. The lowest BCUT2D eigenvalue weighted by molar-refractivity contribution is 0.153. The zero-order valence-corrected chi connectivity index (χ0v) is 11.3. The number of carbonyl (C=O) groups is 1. The van der Waals surface area contributed by atoms with Crippen LogP contribution >= 0.6 is 0 Å². The van der Waals surface area contributed by atoms with Crippen LogP contribution in [0.5, 0.6) is 0 Å². The molecular formula is C16H18N2O2. The molecule has 1 unspecified atom stereocenters. The van der Waals surface area contributed by atoms with E-state index in [0.717, 1.165) is 19.3 Å². The highest BCUT2D eigenvalue weighted by molar-refractivity contribution is 5.85. The summed E-state index contributed by atoms with van der Waals surface area (Å²) in [6, 6.07) is 8.47. The van der Waals surface area contributed by atoms with Crippen molar-refractivity contribution in [2.45, 2.75) is 25.3 Å². The predicted molar refractivity (Wildman–Crippen MR) is 78.8 cm³/mol. The van der Waals surface area contributed by atoms with Crippen LogP contribution in [0.25, 0.3) is 10.9 Å². The maximum atomic E-state index is 11.6. The Morgan fingerprint density at radius 2 is 2.35 bits per heavy atom. The van der Waals surface area contributed by atoms with Gasteiger partial charge in [-0.05, 0) is 24.5 Å². The molecule has 1 atom stereocenters. The van der Waals surface area contributed by atoms with Gasteiger partial charge in [0.25, 0.3) is 0 Å². The molecule has 0 bridgehead atoms. The summed E-state index contributed by atoms with van der Waals surface area (Å²) in [4.78, 5) is 15.0. The van der Waals surface area contributed by atoms with Crippen molar-refractivity contribution in [2.75, 3.05) is 6.61 Å². The number of fused-ring (bicyclic) bond motifs is 3. The Labute approximate surface area is 117 Å². The first-order chi connectivity index (χ1) is 9.78. The lowest BCUT2D eigenvalue weighted by Gasteiger charge is -2.23. The first-order valence-electron chi connectivity index (χ1n) is 6.90. The van der Waals surface area contributed by atoms with Crippen molar-refractivity contribution < 1.29 is 9.53 Å². The maximum absolute atomic E-state index is 11.6. The fourth-order valence-electron chi connectivity index (χ4n) is 2.85. The molecule has 1 aliphatic carbocycles. The van der Waals surface area contributed by atoms with E-state index in [9.17, 15) is 4.79 Å². The lowest BCUT2D eigenvalue weighted by Crippen LogP contribution is -2.39. The fraction of sp³-hybridized carbons (Fsp3) is 0.312. The highest BCUT2D eigenvalue weighted by Gasteiger charge is 2.23. The standard InChI is InChI=1S/C16H18N2O2/c1-2-9-20-16(19)17-11-7-8-13-12-5-3-4-6-14(12)18-15(13)10-11/h2-6,11,18H,1,7-10H2,(H,17,19). The molecule has 20 heavy (non-hydrogen) atoms. The third-order valence-corrected chi connectivity index (χ3v) is 3.75. The summed E-state index contributed by atoms with van der Waals surface area (Å²) < 4.78 is 4.96. The number of aromatic amines is 1. The zero-order chi connectivity index (χ0) is 13.9. The van der Waals surface area contributed by atoms with Crippen molar-refractivity contribution in [1.29, 1.82) is 0 Å². The van der Waals surface area contributed by atoms with Crippen LogP contribution < -0.4 is 5.32 Å². The molecule has 1 aliphatic rings. The van der Waals surface area contributed by atoms with E-state index < -0.39 is 0 Å². The van der Waals surface area contributed by atoms with Gasteiger partial charge >= 0.3 is 6.09 Å². The van der Waals surface area contributed by atoms with Gasteiger partial charge < -0.3 is 15.0 Å². The number of para-hydroxylation sites is 1. The average molecular weight is 270 g/mol. The van der Waals surface area contributed by atoms with Crippen LogP contribution in [0.4, 0.5) is 4.79 Å². The Morgan fingerprint density at radius 1 is 1.50 bits per heavy atom. The summed E-state index contributed by atoms with van der Waals surface area (Å²) in [5, 5.41) is 4.21. The molecule has 2 aromatic rings. The molecule has 1 heterocycles. The van der Waals surface area contributed by atoms with E-state index in [4.69, 9.17) is 4.74 Å². The summed E-state index contributed by atoms with van der Waals surface area (Å²) in [6.07, 6.45) is 3.95. The maximum Gasteiger partial charge on any atom is 0.407 e. The number of aromatic nitrogens is 1. The molecule has 0 fully saturated rings. The topological polar surface area (TPSA) is 54.1 Å². The Bertz CT molecular complexity index is 645. The molecular weight excluding hydrogens is 252 g/mol. The van der Waals surface area contributed by atoms with Crippen molar-refractivity contribution in [3.63, 3.8) is 0 Å². The Morgan fingerprint density at radius 3 is 3.20 bits per heavy atom. The van der Waals surface area contributed by atoms with Crippen molar-refractivity contribution in [2.24, 2.45) is 0 Å². The molecule has 3 rings (SSSR count). The Balaban J connectivity index is 1.72. The van der Waals surface area contributed by atoms with Crippen LogP contribution in [0, 0.1) is 0 Å². The van der Waals surface area contributed by atoms with Gasteiger partial charge in [0.1, 0.15) is 6.61 Å². The molecule has 2 N–H and O–H groups in total. The quantitative estimate of drug-likeness (QED) is 0.842. The van der Waals surface area contributed by atoms with Gasteiger partial charge in [-0.3, -0.25) is 0 Å². The molecule has 1 aromatic heterocycles. The summed E-state index contributed by atoms with van der Waals surface area (Å²) in [5.41, 5.74) is 3.79. The zero-order valence-electron chi connectivity index (χ0n) is 11.3. The molecule has 1 amide bonds. The number of hydrogen-bond donors (Lipinski definition) is 2. The summed E-state index contributed by atoms with van der Waals surface area (Å²) in [6.45, 7) is 3.77. The summed E-state index contributed by atoms with van der Waals surface area (Å²) in [5.74, 6) is 0. The molecule has 0 saturated heterocycles. The average Bonchev–Trinajstić information content (AvgIpc) is 2.82. The third kappa shape index (κ3) is 2.41. The second-order valence-electron chi connectivity index (χ2n) is 5.10. The van der Waals surface area contributed by atoms with Gasteiger partial charge in [0.2, 0.25) is 0 Å². The molecule has 0 saturated carbocycles. The number of H-pyrrole nitrogens is 1. The van der Waals surface area contributed by atoms with Gasteiger partial charge in [-0.2, -0.15) is 0 Å². The Kier molecular flexibility index (Phi) is 3.46. The van der Waals surface area contributed by atoms with E-state index in [1.54, 1.807) is 6.08 Å². The van der Waals surface area contributed by atoms with E-state index in [1.807, 2.05) is 6.07 Å². The van der Waals surface area contributed by atoms with Gasteiger partial charge in [0.05, 0.1) is 0 Å². The minimum Gasteiger partial charge on any atom is -0.445 e.